The number of rotatable bonds is 5. The fourth-order valence-corrected chi connectivity index (χ4v) is 2.46. The predicted molar refractivity (Wildman–Crippen MR) is 123 cm³/mol. The van der Waals surface area contributed by atoms with E-state index in [0.29, 0.717) is 0 Å². The normalized spacial score (nSPS) is 9.19. The molecule has 0 atom stereocenters. The summed E-state index contributed by atoms with van der Waals surface area (Å²) in [7, 11) is 3.51. The Morgan fingerprint density at radius 2 is 1.00 bits per heavy atom. The van der Waals surface area contributed by atoms with E-state index >= 15 is 0 Å². The molecule has 1 amide bonds. The highest BCUT2D eigenvalue weighted by molar-refractivity contribution is 5.95. The van der Waals surface area contributed by atoms with Crippen molar-refractivity contribution in [2.45, 2.75) is 0 Å². The van der Waals surface area contributed by atoms with E-state index in [4.69, 9.17) is 21.1 Å². The predicted octanol–water partition coefficient (Wildman–Crippen LogP) is 3.74. The monoisotopic (exact) mass is 529 g/mol. The molecule has 0 spiro atoms. The lowest BCUT2D eigenvalue weighted by molar-refractivity contribution is 0.0680. The van der Waals surface area contributed by atoms with Gasteiger partial charge in [0.2, 0.25) is 0 Å². The van der Waals surface area contributed by atoms with E-state index in [2.05, 4.69) is 9.47 Å². The summed E-state index contributed by atoms with van der Waals surface area (Å²) < 4.78 is 59.7. The summed E-state index contributed by atoms with van der Waals surface area (Å²) >= 11 is 0. The molecule has 0 aliphatic heterocycles. The van der Waals surface area contributed by atoms with Crippen LogP contribution in [0.4, 0.5) is 17.6 Å². The molecular weight excluding hydrogens is 506 g/mol. The molecule has 13 heteroatoms. The van der Waals surface area contributed by atoms with E-state index in [1.807, 2.05) is 0 Å². The Morgan fingerprint density at radius 3 is 1.30 bits per heavy atom. The quantitative estimate of drug-likeness (QED) is 0.364. The summed E-state index contributed by atoms with van der Waals surface area (Å²) in [6.07, 6.45) is 0. The van der Waals surface area contributed by atoms with Crippen LogP contribution in [0.15, 0.2) is 54.6 Å². The Hall–Kier alpha value is -4.65. The molecule has 0 radical (unpaired) electrons. The number of aliphatic hydroxyl groups excluding tert-OH is 1. The van der Waals surface area contributed by atoms with Gasteiger partial charge in [0.25, 0.3) is 5.91 Å². The number of aliphatic hydroxyl groups is 1. The number of carboxylic acids is 2. The van der Waals surface area contributed by atoms with Gasteiger partial charge in [-0.1, -0.05) is 18.2 Å². The third-order valence-corrected chi connectivity index (χ3v) is 4.02. The number of halogens is 4. The highest BCUT2D eigenvalue weighted by Gasteiger charge is 2.14. The number of nitrogens with two attached hydrogens (primary N) is 1. The van der Waals surface area contributed by atoms with Crippen LogP contribution in [0.3, 0.4) is 0 Å². The van der Waals surface area contributed by atoms with Gasteiger partial charge in [-0.25, -0.2) is 27.2 Å². The second-order valence-corrected chi connectivity index (χ2v) is 6.22. The van der Waals surface area contributed by atoms with Crippen LogP contribution in [0.25, 0.3) is 0 Å². The topological polar surface area (TPSA) is 156 Å². The number of methoxy groups -OCH3 is 2. The smallest absolute Gasteiger partial charge is 0.339 e. The average molecular weight is 529 g/mol. The first-order valence-electron chi connectivity index (χ1n) is 9.76. The summed E-state index contributed by atoms with van der Waals surface area (Å²) in [5.41, 5.74) is 4.21. The number of ether oxygens (including phenoxy) is 2. The van der Waals surface area contributed by atoms with Gasteiger partial charge in [-0.2, -0.15) is 0 Å². The van der Waals surface area contributed by atoms with Crippen molar-refractivity contribution in [3.63, 3.8) is 0 Å². The van der Waals surface area contributed by atoms with Crippen LogP contribution in [0.2, 0.25) is 0 Å². The van der Waals surface area contributed by atoms with Crippen LogP contribution in [0.1, 0.15) is 31.1 Å². The van der Waals surface area contributed by atoms with Crippen molar-refractivity contribution in [2.24, 2.45) is 5.73 Å². The lowest BCUT2D eigenvalue weighted by Gasteiger charge is -2.04. The second-order valence-electron chi connectivity index (χ2n) is 6.22. The maximum Gasteiger partial charge on any atom is 0.339 e. The minimum absolute atomic E-state index is 0.0532. The lowest BCUT2D eigenvalue weighted by atomic mass is 10.2. The van der Waals surface area contributed by atoms with Crippen LogP contribution >= 0.6 is 0 Å². The fraction of sp³-hybridized carbons (Fsp3) is 0.125. The number of carboxylic acid groups (broad SMARTS) is 2. The van der Waals surface area contributed by atoms with Crippen LogP contribution < -0.4 is 15.2 Å². The minimum atomic E-state index is -1.47. The number of hydrogen-bond donors (Lipinski definition) is 4. The number of aromatic carboxylic acids is 2. The van der Waals surface area contributed by atoms with E-state index in [-0.39, 0.29) is 22.6 Å². The van der Waals surface area contributed by atoms with Crippen LogP contribution in [0.5, 0.6) is 11.5 Å². The molecule has 3 rings (SSSR count). The molecule has 0 aliphatic rings. The van der Waals surface area contributed by atoms with Crippen molar-refractivity contribution in [1.29, 1.82) is 0 Å². The van der Waals surface area contributed by atoms with Gasteiger partial charge in [0.15, 0.2) is 34.8 Å². The first-order valence-corrected chi connectivity index (χ1v) is 9.76. The maximum absolute atomic E-state index is 12.9. The number of benzene rings is 3. The number of para-hydroxylation sites is 2. The molecule has 0 bridgehead atoms. The van der Waals surface area contributed by atoms with Gasteiger partial charge in [-0.3, -0.25) is 4.79 Å². The van der Waals surface area contributed by atoms with E-state index in [1.165, 1.54) is 44.6 Å². The number of carbonyl (C=O) groups is 3. The van der Waals surface area contributed by atoms with Crippen LogP contribution in [-0.4, -0.2) is 54.5 Å². The standard InChI is InChI=1S/C8H8FNO2.C8H7FO3.C7H4F2O2.CH4O/c2*1-12-7-5(8(10)11)3-2-4-6(7)9;8-5-3-1-2-4(6(5)9)7(10)11;1-2/h2-4H,1H3,(H2,10,11);2-4H,1H3,(H,10,11);1-3H,(H,10,11);2H,1H3. The largest absolute Gasteiger partial charge is 0.493 e. The summed E-state index contributed by atoms with van der Waals surface area (Å²) in [4.78, 5) is 31.4. The Morgan fingerprint density at radius 1 is 0.649 bits per heavy atom. The maximum atomic E-state index is 12.9. The zero-order valence-electron chi connectivity index (χ0n) is 19.7. The zero-order valence-corrected chi connectivity index (χ0v) is 19.7. The van der Waals surface area contributed by atoms with Crippen LogP contribution in [0, 0.1) is 23.3 Å². The zero-order chi connectivity index (χ0) is 28.7. The first kappa shape index (κ1) is 32.4. The third-order valence-electron chi connectivity index (χ3n) is 4.02. The van der Waals surface area contributed by atoms with Gasteiger partial charge < -0.3 is 30.5 Å². The van der Waals surface area contributed by atoms with Crippen molar-refractivity contribution < 1.29 is 56.7 Å². The molecule has 0 aliphatic carbocycles. The molecule has 3 aromatic carbocycles. The Labute approximate surface area is 208 Å². The van der Waals surface area contributed by atoms with E-state index in [1.54, 1.807) is 0 Å². The number of carbonyl (C=O) groups excluding carboxylic acids is 1. The molecule has 0 saturated heterocycles. The molecule has 0 aromatic heterocycles. The van der Waals surface area contributed by atoms with Crippen molar-refractivity contribution >= 4 is 17.8 Å². The van der Waals surface area contributed by atoms with Crippen molar-refractivity contribution in [3.05, 3.63) is 94.6 Å². The molecule has 0 unspecified atom stereocenters. The summed E-state index contributed by atoms with van der Waals surface area (Å²) in [5.74, 6) is -7.44. The lowest BCUT2D eigenvalue weighted by Crippen LogP contribution is -2.12. The molecule has 200 valence electrons. The Balaban J connectivity index is 0.000000508. The van der Waals surface area contributed by atoms with Gasteiger partial charge in [-0.15, -0.1) is 0 Å². The summed E-state index contributed by atoms with van der Waals surface area (Å²) in [6.45, 7) is 0. The van der Waals surface area contributed by atoms with Gasteiger partial charge in [-0.05, 0) is 36.4 Å². The first-order chi connectivity index (χ1) is 17.5. The molecule has 0 heterocycles. The Bertz CT molecular complexity index is 1160. The highest BCUT2D eigenvalue weighted by Crippen LogP contribution is 2.22. The molecule has 5 N–H and O–H groups in total. The third kappa shape index (κ3) is 9.49. The Kier molecular flexibility index (Phi) is 14.1. The molecular formula is C24H23F4NO8. The number of hydrogen-bond acceptors (Lipinski definition) is 6. The van der Waals surface area contributed by atoms with Crippen molar-refractivity contribution in [2.75, 3.05) is 21.3 Å². The average Bonchev–Trinajstić information content (AvgIpc) is 2.87. The molecule has 3 aromatic rings. The number of amides is 1. The van der Waals surface area contributed by atoms with E-state index < -0.39 is 46.7 Å². The summed E-state index contributed by atoms with van der Waals surface area (Å²) in [6, 6.07) is 10.8. The fourth-order valence-electron chi connectivity index (χ4n) is 2.46. The van der Waals surface area contributed by atoms with Gasteiger partial charge in [0, 0.05) is 7.11 Å². The molecule has 0 saturated carbocycles. The van der Waals surface area contributed by atoms with Crippen molar-refractivity contribution in [1.82, 2.24) is 0 Å². The SMILES string of the molecule is CO.COc1c(F)cccc1C(=O)O.COc1c(F)cccc1C(N)=O.O=C(O)c1cccc(F)c1F. The van der Waals surface area contributed by atoms with Gasteiger partial charge in [0.1, 0.15) is 5.56 Å². The van der Waals surface area contributed by atoms with Gasteiger partial charge >= 0.3 is 11.9 Å². The molecule has 0 fully saturated rings. The molecule has 9 nitrogen and oxygen atoms in total. The summed E-state index contributed by atoms with van der Waals surface area (Å²) in [5, 5.41) is 23.9. The van der Waals surface area contributed by atoms with Gasteiger partial charge in [0.05, 0.1) is 25.3 Å². The van der Waals surface area contributed by atoms with Crippen LogP contribution in [-0.2, 0) is 0 Å². The second kappa shape index (κ2) is 16.1. The molecule has 37 heavy (non-hydrogen) atoms. The highest BCUT2D eigenvalue weighted by atomic mass is 19.2. The van der Waals surface area contributed by atoms with E-state index in [9.17, 15) is 31.9 Å². The number of primary amides is 1. The minimum Gasteiger partial charge on any atom is -0.493 e. The van der Waals surface area contributed by atoms with E-state index in [0.717, 1.165) is 31.4 Å². The van der Waals surface area contributed by atoms with Crippen molar-refractivity contribution in [3.8, 4) is 11.5 Å².